The average Bonchev–Trinajstić information content (AvgIpc) is 2.89. The van der Waals surface area contributed by atoms with Crippen LogP contribution >= 0.6 is 11.3 Å². The van der Waals surface area contributed by atoms with E-state index in [0.29, 0.717) is 12.3 Å². The number of aryl methyl sites for hydroxylation is 1. The van der Waals surface area contributed by atoms with Crippen LogP contribution in [0.25, 0.3) is 0 Å². The standard InChI is InChI=1S/C16H19NOS/c1-12(2)14-6-3-13(4-7-14)5-8-16(18)17-15-9-10-19-11-15/h3-4,6-7,9-12H,5,8H2,1-2H3,(H,17,18). The summed E-state index contributed by atoms with van der Waals surface area (Å²) in [6.07, 6.45) is 1.31. The first-order valence-corrected chi connectivity index (χ1v) is 7.50. The van der Waals surface area contributed by atoms with E-state index in [1.807, 2.05) is 16.8 Å². The highest BCUT2D eigenvalue weighted by molar-refractivity contribution is 7.08. The van der Waals surface area contributed by atoms with Crippen LogP contribution in [0.2, 0.25) is 0 Å². The molecule has 2 rings (SSSR count). The van der Waals surface area contributed by atoms with Crippen molar-refractivity contribution in [3.05, 3.63) is 52.2 Å². The molecular formula is C16H19NOS. The lowest BCUT2D eigenvalue weighted by Gasteiger charge is -2.07. The van der Waals surface area contributed by atoms with Crippen LogP contribution in [0, 0.1) is 0 Å². The van der Waals surface area contributed by atoms with Crippen molar-refractivity contribution in [2.45, 2.75) is 32.6 Å². The second-order valence-electron chi connectivity index (χ2n) is 4.96. The van der Waals surface area contributed by atoms with E-state index in [1.54, 1.807) is 11.3 Å². The topological polar surface area (TPSA) is 29.1 Å². The van der Waals surface area contributed by atoms with E-state index in [0.717, 1.165) is 12.1 Å². The lowest BCUT2D eigenvalue weighted by atomic mass is 10.0. The summed E-state index contributed by atoms with van der Waals surface area (Å²) in [5, 5.41) is 6.79. The summed E-state index contributed by atoms with van der Waals surface area (Å²) in [5.41, 5.74) is 3.45. The number of hydrogen-bond acceptors (Lipinski definition) is 2. The largest absolute Gasteiger partial charge is 0.325 e. The second-order valence-corrected chi connectivity index (χ2v) is 5.74. The van der Waals surface area contributed by atoms with Gasteiger partial charge in [0, 0.05) is 11.8 Å². The molecule has 0 bridgehead atoms. The molecule has 1 N–H and O–H groups in total. The minimum absolute atomic E-state index is 0.0753. The Morgan fingerprint density at radius 2 is 1.95 bits per heavy atom. The molecule has 1 amide bonds. The van der Waals surface area contributed by atoms with Crippen LogP contribution in [0.1, 0.15) is 37.3 Å². The molecule has 1 aromatic heterocycles. The van der Waals surface area contributed by atoms with Gasteiger partial charge in [0.2, 0.25) is 5.91 Å². The van der Waals surface area contributed by atoms with Crippen LogP contribution in [-0.4, -0.2) is 5.91 Å². The molecule has 2 nitrogen and oxygen atoms in total. The molecule has 0 saturated carbocycles. The predicted octanol–water partition coefficient (Wildman–Crippen LogP) is 4.44. The molecule has 19 heavy (non-hydrogen) atoms. The number of carbonyl (C=O) groups is 1. The van der Waals surface area contributed by atoms with Crippen molar-refractivity contribution in [2.75, 3.05) is 5.32 Å². The lowest BCUT2D eigenvalue weighted by molar-refractivity contribution is -0.116. The molecule has 0 atom stereocenters. The van der Waals surface area contributed by atoms with Gasteiger partial charge in [-0.15, -0.1) is 0 Å². The first kappa shape index (κ1) is 13.8. The molecule has 0 spiro atoms. The average molecular weight is 273 g/mol. The maximum Gasteiger partial charge on any atom is 0.224 e. The normalized spacial score (nSPS) is 10.7. The molecule has 0 saturated heterocycles. The van der Waals surface area contributed by atoms with E-state index in [2.05, 4.69) is 43.4 Å². The SMILES string of the molecule is CC(C)c1ccc(CCC(=O)Nc2ccsc2)cc1. The van der Waals surface area contributed by atoms with Crippen molar-refractivity contribution in [3.63, 3.8) is 0 Å². The van der Waals surface area contributed by atoms with Gasteiger partial charge in [-0.25, -0.2) is 0 Å². The molecule has 1 aromatic carbocycles. The highest BCUT2D eigenvalue weighted by Gasteiger charge is 2.04. The van der Waals surface area contributed by atoms with Crippen molar-refractivity contribution in [1.82, 2.24) is 0 Å². The molecule has 0 unspecified atom stereocenters. The van der Waals surface area contributed by atoms with Gasteiger partial charge in [-0.3, -0.25) is 4.79 Å². The van der Waals surface area contributed by atoms with Gasteiger partial charge in [-0.2, -0.15) is 11.3 Å². The number of benzene rings is 1. The van der Waals surface area contributed by atoms with Crippen molar-refractivity contribution in [2.24, 2.45) is 0 Å². The summed E-state index contributed by atoms with van der Waals surface area (Å²) in [6.45, 7) is 4.37. The Labute approximate surface area is 118 Å². The third kappa shape index (κ3) is 4.21. The summed E-state index contributed by atoms with van der Waals surface area (Å²) < 4.78 is 0. The van der Waals surface area contributed by atoms with Gasteiger partial charge in [-0.05, 0) is 34.9 Å². The number of rotatable bonds is 5. The summed E-state index contributed by atoms with van der Waals surface area (Å²) in [7, 11) is 0. The first-order valence-electron chi connectivity index (χ1n) is 6.56. The van der Waals surface area contributed by atoms with Gasteiger partial charge in [0.15, 0.2) is 0 Å². The van der Waals surface area contributed by atoms with Crippen molar-refractivity contribution < 1.29 is 4.79 Å². The number of amides is 1. The maximum absolute atomic E-state index is 11.8. The minimum Gasteiger partial charge on any atom is -0.325 e. The number of hydrogen-bond donors (Lipinski definition) is 1. The molecule has 0 aliphatic heterocycles. The minimum atomic E-state index is 0.0753. The maximum atomic E-state index is 11.8. The van der Waals surface area contributed by atoms with E-state index in [-0.39, 0.29) is 5.91 Å². The van der Waals surface area contributed by atoms with Gasteiger partial charge in [0.05, 0.1) is 5.69 Å². The van der Waals surface area contributed by atoms with Gasteiger partial charge >= 0.3 is 0 Å². The fourth-order valence-electron chi connectivity index (χ4n) is 1.89. The zero-order valence-electron chi connectivity index (χ0n) is 11.3. The fourth-order valence-corrected chi connectivity index (χ4v) is 2.47. The Hall–Kier alpha value is -1.61. The van der Waals surface area contributed by atoms with Gasteiger partial charge in [0.25, 0.3) is 0 Å². The van der Waals surface area contributed by atoms with Crippen molar-refractivity contribution in [1.29, 1.82) is 0 Å². The van der Waals surface area contributed by atoms with Crippen molar-refractivity contribution >= 4 is 22.9 Å². The molecule has 1 heterocycles. The molecule has 0 fully saturated rings. The van der Waals surface area contributed by atoms with Crippen LogP contribution in [0.3, 0.4) is 0 Å². The molecule has 2 aromatic rings. The molecule has 0 aliphatic carbocycles. The Balaban J connectivity index is 1.83. The number of nitrogens with one attached hydrogen (secondary N) is 1. The van der Waals surface area contributed by atoms with Gasteiger partial charge < -0.3 is 5.32 Å². The van der Waals surface area contributed by atoms with E-state index in [1.165, 1.54) is 11.1 Å². The summed E-state index contributed by atoms with van der Waals surface area (Å²) in [5.74, 6) is 0.627. The summed E-state index contributed by atoms with van der Waals surface area (Å²) in [6, 6.07) is 10.5. The predicted molar refractivity (Wildman–Crippen MR) is 81.8 cm³/mol. The van der Waals surface area contributed by atoms with Crippen LogP contribution in [0.4, 0.5) is 5.69 Å². The third-order valence-corrected chi connectivity index (χ3v) is 3.78. The monoisotopic (exact) mass is 273 g/mol. The molecule has 0 aliphatic rings. The molecule has 100 valence electrons. The molecule has 3 heteroatoms. The van der Waals surface area contributed by atoms with E-state index in [4.69, 9.17) is 0 Å². The van der Waals surface area contributed by atoms with Gasteiger partial charge in [0.1, 0.15) is 0 Å². The lowest BCUT2D eigenvalue weighted by Crippen LogP contribution is -2.11. The Morgan fingerprint density at radius 3 is 2.53 bits per heavy atom. The highest BCUT2D eigenvalue weighted by atomic mass is 32.1. The first-order chi connectivity index (χ1) is 9.15. The second kappa shape index (κ2) is 6.53. The zero-order chi connectivity index (χ0) is 13.7. The summed E-state index contributed by atoms with van der Waals surface area (Å²) in [4.78, 5) is 11.8. The number of thiophene rings is 1. The van der Waals surface area contributed by atoms with Crippen LogP contribution in [-0.2, 0) is 11.2 Å². The smallest absolute Gasteiger partial charge is 0.224 e. The van der Waals surface area contributed by atoms with Crippen molar-refractivity contribution in [3.8, 4) is 0 Å². The van der Waals surface area contributed by atoms with Gasteiger partial charge in [-0.1, -0.05) is 38.1 Å². The Bertz CT molecular complexity index is 514. The van der Waals surface area contributed by atoms with E-state index < -0.39 is 0 Å². The summed E-state index contributed by atoms with van der Waals surface area (Å²) >= 11 is 1.59. The Kier molecular flexibility index (Phi) is 4.74. The van der Waals surface area contributed by atoms with Crippen LogP contribution < -0.4 is 5.32 Å². The zero-order valence-corrected chi connectivity index (χ0v) is 12.2. The van der Waals surface area contributed by atoms with Crippen LogP contribution in [0.15, 0.2) is 41.1 Å². The van der Waals surface area contributed by atoms with Crippen LogP contribution in [0.5, 0.6) is 0 Å². The van der Waals surface area contributed by atoms with E-state index >= 15 is 0 Å². The number of carbonyl (C=O) groups excluding carboxylic acids is 1. The number of anilines is 1. The third-order valence-electron chi connectivity index (χ3n) is 3.09. The quantitative estimate of drug-likeness (QED) is 0.857. The fraction of sp³-hybridized carbons (Fsp3) is 0.312. The highest BCUT2D eigenvalue weighted by Crippen LogP contribution is 2.16. The molecule has 0 radical (unpaired) electrons. The molecular weight excluding hydrogens is 254 g/mol. The van der Waals surface area contributed by atoms with E-state index in [9.17, 15) is 4.79 Å². The Morgan fingerprint density at radius 1 is 1.21 bits per heavy atom.